The van der Waals surface area contributed by atoms with E-state index in [1.54, 1.807) is 9.96 Å². The number of rotatable bonds is 2. The number of aryl methyl sites for hydroxylation is 1. The van der Waals surface area contributed by atoms with Crippen LogP contribution in [0, 0.1) is 12.3 Å². The molecule has 0 fully saturated rings. The van der Waals surface area contributed by atoms with Gasteiger partial charge in [0.15, 0.2) is 0 Å². The summed E-state index contributed by atoms with van der Waals surface area (Å²) in [6, 6.07) is 7.13. The van der Waals surface area contributed by atoms with Crippen molar-refractivity contribution >= 4 is 17.7 Å². The maximum absolute atomic E-state index is 2.47. The Morgan fingerprint density at radius 2 is 1.62 bits per heavy atom. The van der Waals surface area contributed by atoms with Crippen molar-refractivity contribution in [2.75, 3.05) is 0 Å². The summed E-state index contributed by atoms with van der Waals surface area (Å²) in [5, 5.41) is 0. The molecule has 1 rings (SSSR count). The molecule has 0 nitrogen and oxygen atoms in total. The molecule has 0 amide bonds. The molecule has 0 aliphatic carbocycles. The Morgan fingerprint density at radius 1 is 1.06 bits per heavy atom. The normalized spacial score (nSPS) is 12.9. The maximum atomic E-state index is 2.47. The molecule has 0 saturated heterocycles. The molecular formula is C15H26Ge. The van der Waals surface area contributed by atoms with Gasteiger partial charge in [-0.3, -0.25) is 0 Å². The molecule has 0 heterocycles. The van der Waals surface area contributed by atoms with Gasteiger partial charge in [-0.25, -0.2) is 0 Å². The van der Waals surface area contributed by atoms with Gasteiger partial charge in [0.2, 0.25) is 0 Å². The second kappa shape index (κ2) is 4.56. The zero-order valence-electron chi connectivity index (χ0n) is 11.9. The van der Waals surface area contributed by atoms with E-state index in [0.29, 0.717) is 5.41 Å². The molecule has 0 N–H and O–H groups in total. The van der Waals surface area contributed by atoms with Crippen LogP contribution >= 0.6 is 0 Å². The van der Waals surface area contributed by atoms with E-state index in [9.17, 15) is 0 Å². The molecule has 0 aromatic heterocycles. The summed E-state index contributed by atoms with van der Waals surface area (Å²) in [6.07, 6.45) is 1.19. The average molecular weight is 279 g/mol. The Labute approximate surface area is 104 Å². The molecule has 0 saturated carbocycles. The Hall–Kier alpha value is -0.237. The summed E-state index contributed by atoms with van der Waals surface area (Å²) in [5.74, 6) is 7.39. The molecule has 16 heavy (non-hydrogen) atoms. The Kier molecular flexibility index (Phi) is 3.94. The van der Waals surface area contributed by atoms with Crippen LogP contribution in [-0.4, -0.2) is 13.3 Å². The van der Waals surface area contributed by atoms with Gasteiger partial charge in [0, 0.05) is 0 Å². The van der Waals surface area contributed by atoms with Crippen LogP contribution in [0.2, 0.25) is 17.3 Å². The van der Waals surface area contributed by atoms with Gasteiger partial charge in [-0.1, -0.05) is 0 Å². The summed E-state index contributed by atoms with van der Waals surface area (Å²) >= 11 is -1.66. The molecular weight excluding hydrogens is 253 g/mol. The fraction of sp³-hybridized carbons (Fsp3) is 0.600. The molecule has 1 heteroatoms. The molecule has 0 bridgehead atoms. The van der Waals surface area contributed by atoms with Crippen molar-refractivity contribution in [1.82, 2.24) is 0 Å². The van der Waals surface area contributed by atoms with Crippen LogP contribution < -0.4 is 4.40 Å². The first kappa shape index (κ1) is 13.8. The van der Waals surface area contributed by atoms with Crippen LogP contribution in [0.3, 0.4) is 0 Å². The van der Waals surface area contributed by atoms with Crippen molar-refractivity contribution in [1.29, 1.82) is 0 Å². The summed E-state index contributed by atoms with van der Waals surface area (Å²) in [5.41, 5.74) is 3.38. The zero-order chi connectivity index (χ0) is 12.6. The first-order valence-electron chi connectivity index (χ1n) is 6.20. The van der Waals surface area contributed by atoms with Crippen molar-refractivity contribution in [3.05, 3.63) is 29.3 Å². The predicted molar refractivity (Wildman–Crippen MR) is 77.3 cm³/mol. The monoisotopic (exact) mass is 280 g/mol. The second-order valence-corrected chi connectivity index (χ2v) is 17.8. The Bertz CT molecular complexity index is 364. The van der Waals surface area contributed by atoms with Crippen molar-refractivity contribution in [3.8, 4) is 0 Å². The summed E-state index contributed by atoms with van der Waals surface area (Å²) in [4.78, 5) is 0. The van der Waals surface area contributed by atoms with E-state index in [1.807, 2.05) is 0 Å². The van der Waals surface area contributed by atoms with Gasteiger partial charge in [-0.2, -0.15) is 0 Å². The van der Waals surface area contributed by atoms with E-state index < -0.39 is 13.3 Å². The number of hydrogen-bond donors (Lipinski definition) is 0. The van der Waals surface area contributed by atoms with Crippen LogP contribution in [0.4, 0.5) is 0 Å². The van der Waals surface area contributed by atoms with Gasteiger partial charge >= 0.3 is 104 Å². The van der Waals surface area contributed by atoms with Crippen molar-refractivity contribution in [3.63, 3.8) is 0 Å². The van der Waals surface area contributed by atoms with E-state index in [4.69, 9.17) is 0 Å². The van der Waals surface area contributed by atoms with Gasteiger partial charge in [-0.15, -0.1) is 0 Å². The third-order valence-corrected chi connectivity index (χ3v) is 7.22. The fourth-order valence-corrected chi connectivity index (χ4v) is 4.40. The van der Waals surface area contributed by atoms with E-state index >= 15 is 0 Å². The average Bonchev–Trinajstić information content (AvgIpc) is 2.04. The van der Waals surface area contributed by atoms with Crippen molar-refractivity contribution < 1.29 is 0 Å². The third-order valence-electron chi connectivity index (χ3n) is 2.94. The second-order valence-electron chi connectivity index (χ2n) is 7.13. The van der Waals surface area contributed by atoms with Crippen molar-refractivity contribution in [2.24, 2.45) is 5.41 Å². The van der Waals surface area contributed by atoms with Crippen LogP contribution in [-0.2, 0) is 6.42 Å². The molecule has 0 spiro atoms. The Morgan fingerprint density at radius 3 is 2.06 bits per heavy atom. The molecule has 0 unspecified atom stereocenters. The van der Waals surface area contributed by atoms with E-state index in [1.165, 1.54) is 12.0 Å². The molecule has 0 atom stereocenters. The fourth-order valence-electron chi connectivity index (χ4n) is 1.90. The molecule has 1 aromatic rings. The van der Waals surface area contributed by atoms with Gasteiger partial charge in [-0.05, 0) is 0 Å². The summed E-state index contributed by atoms with van der Waals surface area (Å²) in [6.45, 7) is 9.19. The SMILES string of the molecule is Cc1cc[c]([Ge]([CH3])([CH3])[CH3])cc1CC(C)(C)C. The minimum absolute atomic E-state index is 0.383. The first-order valence-corrected chi connectivity index (χ1v) is 13.5. The topological polar surface area (TPSA) is 0 Å². The van der Waals surface area contributed by atoms with Gasteiger partial charge in [0.25, 0.3) is 0 Å². The Balaban J connectivity index is 3.10. The van der Waals surface area contributed by atoms with E-state index in [-0.39, 0.29) is 0 Å². The van der Waals surface area contributed by atoms with Crippen LogP contribution in [0.1, 0.15) is 31.9 Å². The van der Waals surface area contributed by atoms with Gasteiger partial charge in [0.1, 0.15) is 0 Å². The molecule has 0 aliphatic rings. The van der Waals surface area contributed by atoms with E-state index in [2.05, 4.69) is 63.2 Å². The van der Waals surface area contributed by atoms with Crippen LogP contribution in [0.5, 0.6) is 0 Å². The van der Waals surface area contributed by atoms with E-state index in [0.717, 1.165) is 0 Å². The molecule has 0 aliphatic heterocycles. The van der Waals surface area contributed by atoms with Gasteiger partial charge in [0.05, 0.1) is 0 Å². The molecule has 0 radical (unpaired) electrons. The minimum atomic E-state index is -1.66. The van der Waals surface area contributed by atoms with Crippen LogP contribution in [0.15, 0.2) is 18.2 Å². The predicted octanol–water partition coefficient (Wildman–Crippen LogP) is 4.13. The first-order chi connectivity index (χ1) is 7.09. The number of hydrogen-bond acceptors (Lipinski definition) is 0. The van der Waals surface area contributed by atoms with Crippen LogP contribution in [0.25, 0.3) is 0 Å². The summed E-state index contributed by atoms with van der Waals surface area (Å²) in [7, 11) is 0. The number of benzene rings is 1. The molecule has 1 aromatic carbocycles. The standard InChI is InChI=1S/C15H26Ge/c1-12-8-9-14(16(5,6)7)10-13(12)11-15(2,3)4/h8-10H,11H2,1-7H3. The summed E-state index contributed by atoms with van der Waals surface area (Å²) < 4.78 is 1.63. The molecule has 90 valence electrons. The van der Waals surface area contributed by atoms with Gasteiger partial charge < -0.3 is 0 Å². The van der Waals surface area contributed by atoms with Crippen molar-refractivity contribution in [2.45, 2.75) is 51.4 Å². The quantitative estimate of drug-likeness (QED) is 0.714. The zero-order valence-corrected chi connectivity index (χ0v) is 14.0. The third kappa shape index (κ3) is 3.97.